The van der Waals surface area contributed by atoms with Crippen molar-refractivity contribution in [1.29, 1.82) is 5.26 Å². The molecule has 2 aromatic heterocycles. The Balaban J connectivity index is 1.16. The molecule has 1 amide bonds. The van der Waals surface area contributed by atoms with Crippen molar-refractivity contribution in [3.05, 3.63) is 53.7 Å². The fraction of sp³-hybridized carbons (Fsp3) is 0.514. The lowest BCUT2D eigenvalue weighted by Crippen LogP contribution is -2.55. The van der Waals surface area contributed by atoms with E-state index in [0.717, 1.165) is 44.5 Å². The van der Waals surface area contributed by atoms with Gasteiger partial charge < -0.3 is 19.4 Å². The standard InChI is InChI=1S/C35H37F2N7O2/c1-21(36)33(45)44-14-13-43(18-23(44)7-10-38)32-28-17-39-30(25-6-4-5-24-26-15-22(26)16-27(24)25)29(37)31(28)40-34(41-32)46-20-35(8-9-35)19-42-11-2-3-12-42/h4-6,17,22-23,26H,1-3,7-9,11-16,18-20H2/t22-,23-,26-/m0/s1. The minimum absolute atomic E-state index is 0.00121. The minimum Gasteiger partial charge on any atom is -0.463 e. The number of likely N-dealkylation sites (tertiary alicyclic amines) is 1. The molecule has 3 aliphatic carbocycles. The number of benzene rings is 1. The van der Waals surface area contributed by atoms with Crippen molar-refractivity contribution >= 4 is 22.6 Å². The molecule has 3 aromatic rings. The molecule has 8 rings (SSSR count). The van der Waals surface area contributed by atoms with E-state index < -0.39 is 23.6 Å². The predicted molar refractivity (Wildman–Crippen MR) is 168 cm³/mol. The van der Waals surface area contributed by atoms with Crippen LogP contribution in [0, 0.1) is 28.5 Å². The van der Waals surface area contributed by atoms with Gasteiger partial charge in [-0.2, -0.15) is 15.2 Å². The van der Waals surface area contributed by atoms with Gasteiger partial charge in [-0.3, -0.25) is 9.78 Å². The van der Waals surface area contributed by atoms with E-state index in [4.69, 9.17) is 9.72 Å². The van der Waals surface area contributed by atoms with Crippen LogP contribution in [0.25, 0.3) is 22.2 Å². The first-order valence-electron chi connectivity index (χ1n) is 16.4. The second-order valence-corrected chi connectivity index (χ2v) is 13.8. The molecular formula is C35H37F2N7O2. The second kappa shape index (κ2) is 11.3. The predicted octanol–water partition coefficient (Wildman–Crippen LogP) is 5.16. The van der Waals surface area contributed by atoms with Crippen LogP contribution < -0.4 is 9.64 Å². The summed E-state index contributed by atoms with van der Waals surface area (Å²) >= 11 is 0. The molecule has 46 heavy (non-hydrogen) atoms. The topological polar surface area (TPSA) is 98.5 Å². The second-order valence-electron chi connectivity index (χ2n) is 13.8. The summed E-state index contributed by atoms with van der Waals surface area (Å²) in [6.07, 6.45) is 8.34. The molecule has 2 saturated carbocycles. The Kier molecular flexibility index (Phi) is 7.16. The number of rotatable bonds is 9. The number of halogens is 2. The van der Waals surface area contributed by atoms with Gasteiger partial charge in [0.15, 0.2) is 11.6 Å². The van der Waals surface area contributed by atoms with Gasteiger partial charge in [0.1, 0.15) is 17.0 Å². The molecule has 4 fully saturated rings. The maximum Gasteiger partial charge on any atom is 0.319 e. The summed E-state index contributed by atoms with van der Waals surface area (Å²) in [5, 5.41) is 9.94. The summed E-state index contributed by atoms with van der Waals surface area (Å²) in [7, 11) is 0. The first-order chi connectivity index (χ1) is 22.3. The fourth-order valence-corrected chi connectivity index (χ4v) is 7.94. The third kappa shape index (κ3) is 5.16. The van der Waals surface area contributed by atoms with Crippen molar-refractivity contribution in [3.63, 3.8) is 0 Å². The number of piperazine rings is 1. The lowest BCUT2D eigenvalue weighted by molar-refractivity contribution is -0.131. The number of amides is 1. The van der Waals surface area contributed by atoms with Crippen LogP contribution in [0.1, 0.15) is 55.6 Å². The van der Waals surface area contributed by atoms with Crippen molar-refractivity contribution in [2.45, 2.75) is 56.9 Å². The molecule has 0 radical (unpaired) electrons. The zero-order valence-corrected chi connectivity index (χ0v) is 25.9. The van der Waals surface area contributed by atoms with Crippen molar-refractivity contribution in [2.24, 2.45) is 11.3 Å². The van der Waals surface area contributed by atoms with Gasteiger partial charge in [-0.05, 0) is 74.6 Å². The van der Waals surface area contributed by atoms with Gasteiger partial charge in [0.25, 0.3) is 5.91 Å². The number of hydrogen-bond donors (Lipinski definition) is 0. The van der Waals surface area contributed by atoms with Gasteiger partial charge in [-0.15, -0.1) is 0 Å². The highest BCUT2D eigenvalue weighted by Crippen LogP contribution is 2.58. The molecule has 3 atom stereocenters. The number of fused-ring (bicyclic) bond motifs is 4. The fourth-order valence-electron chi connectivity index (χ4n) is 7.94. The van der Waals surface area contributed by atoms with E-state index in [9.17, 15) is 14.4 Å². The summed E-state index contributed by atoms with van der Waals surface area (Å²) in [6, 6.07) is 7.68. The average Bonchev–Trinajstić information content (AvgIpc) is 3.91. The third-order valence-corrected chi connectivity index (χ3v) is 10.7. The first kappa shape index (κ1) is 29.2. The summed E-state index contributed by atoms with van der Waals surface area (Å²) in [5.74, 6) is -0.764. The van der Waals surface area contributed by atoms with Crippen LogP contribution in [0.5, 0.6) is 6.01 Å². The third-order valence-electron chi connectivity index (χ3n) is 10.7. The van der Waals surface area contributed by atoms with Crippen LogP contribution in [0.4, 0.5) is 14.6 Å². The van der Waals surface area contributed by atoms with Crippen LogP contribution >= 0.6 is 0 Å². The van der Waals surface area contributed by atoms with Crippen molar-refractivity contribution < 1.29 is 18.3 Å². The lowest BCUT2D eigenvalue weighted by Gasteiger charge is -2.41. The normalized spacial score (nSPS) is 24.4. The van der Waals surface area contributed by atoms with E-state index in [0.29, 0.717) is 36.2 Å². The molecule has 0 bridgehead atoms. The number of ether oxygens (including phenoxy) is 1. The number of nitriles is 1. The van der Waals surface area contributed by atoms with E-state index in [1.165, 1.54) is 35.3 Å². The van der Waals surface area contributed by atoms with E-state index in [2.05, 4.69) is 33.6 Å². The zero-order valence-electron chi connectivity index (χ0n) is 25.9. The highest BCUT2D eigenvalue weighted by molar-refractivity contribution is 5.93. The van der Waals surface area contributed by atoms with Crippen molar-refractivity contribution in [1.82, 2.24) is 24.8 Å². The van der Waals surface area contributed by atoms with Gasteiger partial charge >= 0.3 is 6.01 Å². The number of carbonyl (C=O) groups excluding carboxylic acids is 1. The molecule has 4 heterocycles. The SMILES string of the molecule is C=C(F)C(=O)N1CCN(c2nc(OCC3(CN4CCCC4)CC3)nc3c(F)c(-c4cccc5c4C[C@@H]4C[C@H]54)ncc23)C[C@@H]1CC#N. The van der Waals surface area contributed by atoms with Gasteiger partial charge in [0.05, 0.1) is 30.5 Å². The monoisotopic (exact) mass is 625 g/mol. The van der Waals surface area contributed by atoms with E-state index in [1.807, 2.05) is 17.0 Å². The van der Waals surface area contributed by atoms with Gasteiger partial charge in [-0.1, -0.05) is 24.8 Å². The van der Waals surface area contributed by atoms with Crippen LogP contribution in [0.3, 0.4) is 0 Å². The van der Waals surface area contributed by atoms with Crippen molar-refractivity contribution in [2.75, 3.05) is 50.8 Å². The Bertz CT molecular complexity index is 1780. The molecular weight excluding hydrogens is 588 g/mol. The average molecular weight is 626 g/mol. The summed E-state index contributed by atoms with van der Waals surface area (Å²) < 4.78 is 36.8. The summed E-state index contributed by atoms with van der Waals surface area (Å²) in [5.41, 5.74) is 3.73. The molecule has 2 saturated heterocycles. The largest absolute Gasteiger partial charge is 0.463 e. The number of anilines is 1. The van der Waals surface area contributed by atoms with Crippen molar-refractivity contribution in [3.8, 4) is 23.3 Å². The zero-order chi connectivity index (χ0) is 31.6. The highest BCUT2D eigenvalue weighted by Gasteiger charge is 2.47. The maximum atomic E-state index is 16.7. The molecule has 11 heteroatoms. The Hall–Kier alpha value is -4.17. The molecule has 0 spiro atoms. The quantitative estimate of drug-likeness (QED) is 0.301. The Morgan fingerprint density at radius 2 is 2.00 bits per heavy atom. The van der Waals surface area contributed by atoms with Crippen LogP contribution in [0.2, 0.25) is 0 Å². The molecule has 0 N–H and O–H groups in total. The van der Waals surface area contributed by atoms with E-state index in [1.54, 1.807) is 6.20 Å². The summed E-state index contributed by atoms with van der Waals surface area (Å²) in [6.45, 7) is 7.45. The maximum absolute atomic E-state index is 16.7. The lowest BCUT2D eigenvalue weighted by atomic mass is 9.96. The Labute approximate surface area is 266 Å². The van der Waals surface area contributed by atoms with Gasteiger partial charge in [-0.25, -0.2) is 8.78 Å². The number of nitrogens with zero attached hydrogens (tertiary/aromatic N) is 7. The van der Waals surface area contributed by atoms with Gasteiger partial charge in [0, 0.05) is 43.4 Å². The van der Waals surface area contributed by atoms with Crippen LogP contribution in [-0.4, -0.2) is 82.6 Å². The highest BCUT2D eigenvalue weighted by atomic mass is 19.1. The Morgan fingerprint density at radius 3 is 2.76 bits per heavy atom. The summed E-state index contributed by atoms with van der Waals surface area (Å²) in [4.78, 5) is 32.4. The Morgan fingerprint density at radius 1 is 1.17 bits per heavy atom. The molecule has 9 nitrogen and oxygen atoms in total. The molecule has 238 valence electrons. The minimum atomic E-state index is -1.06. The van der Waals surface area contributed by atoms with Crippen LogP contribution in [0.15, 0.2) is 36.8 Å². The smallest absolute Gasteiger partial charge is 0.319 e. The molecule has 5 aliphatic rings. The van der Waals surface area contributed by atoms with Crippen LogP contribution in [-0.2, 0) is 11.2 Å². The first-order valence-corrected chi connectivity index (χ1v) is 16.4. The molecule has 0 unspecified atom stereocenters. The molecule has 1 aromatic carbocycles. The van der Waals surface area contributed by atoms with Gasteiger partial charge in [0.2, 0.25) is 0 Å². The number of hydrogen-bond acceptors (Lipinski definition) is 8. The number of carbonyl (C=O) groups is 1. The van der Waals surface area contributed by atoms with E-state index in [-0.39, 0.29) is 42.1 Å². The number of pyridine rings is 1. The van der Waals surface area contributed by atoms with E-state index >= 15 is 4.39 Å². The number of aromatic nitrogens is 3. The molecule has 2 aliphatic heterocycles.